The highest BCUT2D eigenvalue weighted by atomic mass is 79.9. The van der Waals surface area contributed by atoms with E-state index in [9.17, 15) is 9.00 Å². The standard InChI is InChI=1S/C14H19BrN2O2S/c15-11-3-5-13(6-4-11)20(19)9-1-2-14(18)17-12-7-8-16-10-12/h3-6,12,16H,1-2,7-10H2,(H,17,18). The molecule has 2 N–H and O–H groups in total. The van der Waals surface area contributed by atoms with Crippen LogP contribution in [0.1, 0.15) is 19.3 Å². The van der Waals surface area contributed by atoms with Gasteiger partial charge in [0.2, 0.25) is 5.91 Å². The molecule has 6 heteroatoms. The first-order valence-corrected chi connectivity index (χ1v) is 8.90. The van der Waals surface area contributed by atoms with E-state index in [1.165, 1.54) is 0 Å². The predicted octanol–water partition coefficient (Wildman–Crippen LogP) is 1.81. The lowest BCUT2D eigenvalue weighted by atomic mass is 10.2. The molecule has 2 atom stereocenters. The second-order valence-corrected chi connectivity index (χ2v) is 7.35. The third-order valence-electron chi connectivity index (χ3n) is 3.24. The number of amides is 1. The summed E-state index contributed by atoms with van der Waals surface area (Å²) in [6.07, 6.45) is 2.09. The summed E-state index contributed by atoms with van der Waals surface area (Å²) >= 11 is 3.35. The van der Waals surface area contributed by atoms with Crippen LogP contribution in [0, 0.1) is 0 Å². The molecule has 20 heavy (non-hydrogen) atoms. The summed E-state index contributed by atoms with van der Waals surface area (Å²) in [7, 11) is -1.03. The Morgan fingerprint density at radius 3 is 2.80 bits per heavy atom. The molecule has 1 aromatic rings. The van der Waals surface area contributed by atoms with Gasteiger partial charge in [-0.2, -0.15) is 0 Å². The lowest BCUT2D eigenvalue weighted by Crippen LogP contribution is -2.36. The lowest BCUT2D eigenvalue weighted by molar-refractivity contribution is -0.121. The van der Waals surface area contributed by atoms with Crippen LogP contribution in [0.4, 0.5) is 0 Å². The van der Waals surface area contributed by atoms with E-state index in [-0.39, 0.29) is 11.9 Å². The van der Waals surface area contributed by atoms with Gasteiger partial charge in [0.05, 0.1) is 10.8 Å². The summed E-state index contributed by atoms with van der Waals surface area (Å²) in [5.41, 5.74) is 0. The average Bonchev–Trinajstić information content (AvgIpc) is 2.92. The third kappa shape index (κ3) is 5.00. The molecule has 0 bridgehead atoms. The van der Waals surface area contributed by atoms with Crippen molar-refractivity contribution in [2.45, 2.75) is 30.2 Å². The molecule has 0 radical (unpaired) electrons. The molecular formula is C14H19BrN2O2S. The van der Waals surface area contributed by atoms with Crippen molar-refractivity contribution in [1.82, 2.24) is 10.6 Å². The van der Waals surface area contributed by atoms with Crippen LogP contribution in [-0.4, -0.2) is 35.0 Å². The Hall–Kier alpha value is -0.720. The highest BCUT2D eigenvalue weighted by Gasteiger charge is 2.16. The zero-order valence-corrected chi connectivity index (χ0v) is 13.6. The third-order valence-corrected chi connectivity index (χ3v) is 5.22. The minimum absolute atomic E-state index is 0.0616. The second-order valence-electron chi connectivity index (χ2n) is 4.86. The van der Waals surface area contributed by atoms with Crippen molar-refractivity contribution in [3.8, 4) is 0 Å². The van der Waals surface area contributed by atoms with Crippen LogP contribution in [-0.2, 0) is 15.6 Å². The molecule has 0 aromatic heterocycles. The van der Waals surface area contributed by atoms with Gasteiger partial charge in [0.25, 0.3) is 0 Å². The van der Waals surface area contributed by atoms with Crippen molar-refractivity contribution < 1.29 is 9.00 Å². The zero-order chi connectivity index (χ0) is 14.4. The number of hydrogen-bond acceptors (Lipinski definition) is 3. The quantitative estimate of drug-likeness (QED) is 0.815. The van der Waals surface area contributed by atoms with Gasteiger partial charge >= 0.3 is 0 Å². The molecule has 1 saturated heterocycles. The van der Waals surface area contributed by atoms with E-state index < -0.39 is 10.8 Å². The van der Waals surface area contributed by atoms with Gasteiger partial charge in [0.1, 0.15) is 0 Å². The number of carbonyl (C=O) groups excluding carboxylic acids is 1. The molecule has 0 saturated carbocycles. The Labute approximate surface area is 130 Å². The van der Waals surface area contributed by atoms with E-state index in [1.807, 2.05) is 24.3 Å². The average molecular weight is 359 g/mol. The first-order chi connectivity index (χ1) is 9.65. The van der Waals surface area contributed by atoms with Gasteiger partial charge in [0.15, 0.2) is 0 Å². The summed E-state index contributed by atoms with van der Waals surface area (Å²) in [5, 5.41) is 6.20. The first kappa shape index (κ1) is 15.7. The topological polar surface area (TPSA) is 58.2 Å². The maximum atomic E-state index is 12.0. The van der Waals surface area contributed by atoms with Crippen molar-refractivity contribution in [2.24, 2.45) is 0 Å². The highest BCUT2D eigenvalue weighted by molar-refractivity contribution is 9.10. The largest absolute Gasteiger partial charge is 0.352 e. The molecule has 2 rings (SSSR count). The fraction of sp³-hybridized carbons (Fsp3) is 0.500. The fourth-order valence-electron chi connectivity index (χ4n) is 2.15. The maximum Gasteiger partial charge on any atom is 0.220 e. The van der Waals surface area contributed by atoms with Crippen molar-refractivity contribution in [3.05, 3.63) is 28.7 Å². The Bertz CT molecular complexity index is 473. The van der Waals surface area contributed by atoms with Gasteiger partial charge in [-0.05, 0) is 43.7 Å². The van der Waals surface area contributed by atoms with Crippen LogP contribution in [0.5, 0.6) is 0 Å². The number of rotatable bonds is 6. The predicted molar refractivity (Wildman–Crippen MR) is 84.1 cm³/mol. The summed E-state index contributed by atoms with van der Waals surface area (Å²) in [6.45, 7) is 1.83. The molecule has 1 fully saturated rings. The van der Waals surface area contributed by atoms with Gasteiger partial charge in [-0.25, -0.2) is 0 Å². The van der Waals surface area contributed by atoms with E-state index in [0.29, 0.717) is 18.6 Å². The first-order valence-electron chi connectivity index (χ1n) is 6.79. The Balaban J connectivity index is 1.68. The molecule has 1 aliphatic rings. The van der Waals surface area contributed by atoms with Gasteiger partial charge < -0.3 is 10.6 Å². The van der Waals surface area contributed by atoms with Crippen LogP contribution in [0.2, 0.25) is 0 Å². The van der Waals surface area contributed by atoms with E-state index in [1.54, 1.807) is 0 Å². The molecule has 1 aliphatic heterocycles. The van der Waals surface area contributed by atoms with Crippen LogP contribution < -0.4 is 10.6 Å². The normalized spacial score (nSPS) is 19.8. The Morgan fingerprint density at radius 2 is 2.15 bits per heavy atom. The lowest BCUT2D eigenvalue weighted by Gasteiger charge is -2.10. The van der Waals surface area contributed by atoms with Crippen molar-refractivity contribution >= 4 is 32.6 Å². The van der Waals surface area contributed by atoms with E-state index in [0.717, 1.165) is 28.9 Å². The maximum absolute atomic E-state index is 12.0. The molecule has 0 aliphatic carbocycles. The highest BCUT2D eigenvalue weighted by Crippen LogP contribution is 2.14. The summed E-state index contributed by atoms with van der Waals surface area (Å²) in [5.74, 6) is 0.587. The second kappa shape index (κ2) is 7.90. The summed E-state index contributed by atoms with van der Waals surface area (Å²) in [6, 6.07) is 7.73. The molecular weight excluding hydrogens is 340 g/mol. The minimum Gasteiger partial charge on any atom is -0.352 e. The number of hydrogen-bond donors (Lipinski definition) is 2. The summed E-state index contributed by atoms with van der Waals surface area (Å²) < 4.78 is 13.0. The molecule has 110 valence electrons. The monoisotopic (exact) mass is 358 g/mol. The van der Waals surface area contributed by atoms with Crippen molar-refractivity contribution in [1.29, 1.82) is 0 Å². The number of halogens is 1. The van der Waals surface area contributed by atoms with Crippen LogP contribution in [0.15, 0.2) is 33.6 Å². The number of nitrogens with one attached hydrogen (secondary N) is 2. The summed E-state index contributed by atoms with van der Waals surface area (Å²) in [4.78, 5) is 12.5. The number of benzene rings is 1. The SMILES string of the molecule is O=C(CCCS(=O)c1ccc(Br)cc1)NC1CCNC1. The molecule has 0 spiro atoms. The Kier molecular flexibility index (Phi) is 6.19. The van der Waals surface area contributed by atoms with Gasteiger partial charge in [-0.15, -0.1) is 0 Å². The smallest absolute Gasteiger partial charge is 0.220 e. The fourth-order valence-corrected chi connectivity index (χ4v) is 3.49. The molecule has 4 nitrogen and oxygen atoms in total. The molecule has 1 heterocycles. The van der Waals surface area contributed by atoms with Crippen LogP contribution >= 0.6 is 15.9 Å². The van der Waals surface area contributed by atoms with Crippen LogP contribution in [0.3, 0.4) is 0 Å². The van der Waals surface area contributed by atoms with Gasteiger partial charge in [0, 0.05) is 34.1 Å². The van der Waals surface area contributed by atoms with E-state index >= 15 is 0 Å². The van der Waals surface area contributed by atoms with Crippen molar-refractivity contribution in [2.75, 3.05) is 18.8 Å². The molecule has 2 unspecified atom stereocenters. The van der Waals surface area contributed by atoms with Crippen molar-refractivity contribution in [3.63, 3.8) is 0 Å². The number of carbonyl (C=O) groups is 1. The molecule has 1 amide bonds. The Morgan fingerprint density at radius 1 is 1.40 bits per heavy atom. The molecule has 1 aromatic carbocycles. The van der Waals surface area contributed by atoms with E-state index in [2.05, 4.69) is 26.6 Å². The van der Waals surface area contributed by atoms with Gasteiger partial charge in [-0.3, -0.25) is 9.00 Å². The van der Waals surface area contributed by atoms with Gasteiger partial charge in [-0.1, -0.05) is 15.9 Å². The van der Waals surface area contributed by atoms with E-state index in [4.69, 9.17) is 0 Å². The zero-order valence-electron chi connectivity index (χ0n) is 11.2. The minimum atomic E-state index is -1.03. The van der Waals surface area contributed by atoms with Crippen LogP contribution in [0.25, 0.3) is 0 Å².